The van der Waals surface area contributed by atoms with E-state index in [4.69, 9.17) is 11.0 Å². The number of anilines is 1. The molecular weight excluding hydrogens is 374 g/mol. The van der Waals surface area contributed by atoms with Crippen molar-refractivity contribution in [2.24, 2.45) is 5.73 Å². The first kappa shape index (κ1) is 21.2. The van der Waals surface area contributed by atoms with Crippen LogP contribution in [0.15, 0.2) is 42.5 Å². The molecule has 1 unspecified atom stereocenters. The predicted octanol–water partition coefficient (Wildman–Crippen LogP) is 4.21. The van der Waals surface area contributed by atoms with Crippen molar-refractivity contribution in [3.8, 4) is 6.07 Å². The Morgan fingerprint density at radius 2 is 1.86 bits per heavy atom. The lowest BCUT2D eigenvalue weighted by molar-refractivity contribution is -0.138. The van der Waals surface area contributed by atoms with Gasteiger partial charge in [0, 0.05) is 24.2 Å². The van der Waals surface area contributed by atoms with Crippen LogP contribution >= 0.6 is 0 Å². The van der Waals surface area contributed by atoms with Crippen molar-refractivity contribution in [3.63, 3.8) is 0 Å². The van der Waals surface area contributed by atoms with Crippen molar-refractivity contribution in [3.05, 3.63) is 65.0 Å². The molecule has 0 heterocycles. The maximum absolute atomic E-state index is 14.3. The van der Waals surface area contributed by atoms with Crippen LogP contribution in [0.25, 0.3) is 0 Å². The van der Waals surface area contributed by atoms with E-state index in [-0.39, 0.29) is 17.7 Å². The third-order valence-electron chi connectivity index (χ3n) is 4.29. The van der Waals surface area contributed by atoms with Gasteiger partial charge in [-0.2, -0.15) is 18.4 Å². The van der Waals surface area contributed by atoms with Crippen LogP contribution in [-0.2, 0) is 11.3 Å². The Kier molecular flexibility index (Phi) is 6.62. The molecule has 2 aromatic rings. The minimum Gasteiger partial charge on any atom is -0.368 e. The first-order chi connectivity index (χ1) is 13.1. The molecule has 0 radical (unpaired) electrons. The third kappa shape index (κ3) is 5.71. The Hall–Kier alpha value is -3.08. The number of halogens is 4. The minimum atomic E-state index is -4.45. The van der Waals surface area contributed by atoms with Gasteiger partial charge in [0.05, 0.1) is 11.6 Å². The molecule has 28 heavy (non-hydrogen) atoms. The standard InChI is InChI=1S/C20H19F4N3O/c1-13-2-6-16(7-3-13)27(18(19(26)28)8-9-20(22,23)24)12-15-5-4-14(11-25)10-17(15)21/h2-7,10,18H,8-9,12H2,1H3,(H2,26,28). The highest BCUT2D eigenvalue weighted by Crippen LogP contribution is 2.28. The van der Waals surface area contributed by atoms with E-state index >= 15 is 0 Å². The molecule has 0 aliphatic carbocycles. The second-order valence-electron chi connectivity index (χ2n) is 6.45. The Morgan fingerprint density at radius 1 is 1.21 bits per heavy atom. The number of amides is 1. The molecule has 2 aromatic carbocycles. The molecule has 1 atom stereocenters. The van der Waals surface area contributed by atoms with Crippen molar-refractivity contribution >= 4 is 11.6 Å². The summed E-state index contributed by atoms with van der Waals surface area (Å²) in [6, 6.07) is 11.1. The van der Waals surface area contributed by atoms with Gasteiger partial charge in [-0.3, -0.25) is 4.79 Å². The minimum absolute atomic E-state index is 0.117. The summed E-state index contributed by atoms with van der Waals surface area (Å²) in [4.78, 5) is 13.3. The molecule has 0 fully saturated rings. The maximum atomic E-state index is 14.3. The van der Waals surface area contributed by atoms with Gasteiger partial charge in [-0.25, -0.2) is 4.39 Å². The lowest BCUT2D eigenvalue weighted by Crippen LogP contribution is -2.45. The second-order valence-corrected chi connectivity index (χ2v) is 6.45. The van der Waals surface area contributed by atoms with Gasteiger partial charge in [0.1, 0.15) is 11.9 Å². The van der Waals surface area contributed by atoms with E-state index in [0.29, 0.717) is 5.69 Å². The van der Waals surface area contributed by atoms with E-state index in [0.717, 1.165) is 11.6 Å². The fourth-order valence-corrected chi connectivity index (χ4v) is 2.80. The van der Waals surface area contributed by atoms with E-state index in [2.05, 4.69) is 0 Å². The molecule has 2 N–H and O–H groups in total. The predicted molar refractivity (Wildman–Crippen MR) is 96.7 cm³/mol. The van der Waals surface area contributed by atoms with Crippen molar-refractivity contribution in [2.45, 2.75) is 38.5 Å². The molecule has 0 aliphatic rings. The molecule has 4 nitrogen and oxygen atoms in total. The molecule has 0 saturated heterocycles. The fourth-order valence-electron chi connectivity index (χ4n) is 2.80. The molecule has 8 heteroatoms. The first-order valence-corrected chi connectivity index (χ1v) is 8.48. The number of hydrogen-bond donors (Lipinski definition) is 1. The smallest absolute Gasteiger partial charge is 0.368 e. The summed E-state index contributed by atoms with van der Waals surface area (Å²) in [7, 11) is 0. The van der Waals surface area contributed by atoms with Crippen LogP contribution in [0, 0.1) is 24.1 Å². The zero-order valence-corrected chi connectivity index (χ0v) is 15.1. The van der Waals surface area contributed by atoms with Gasteiger partial charge in [-0.05, 0) is 37.6 Å². The number of nitrogens with two attached hydrogens (primary N) is 1. The Balaban J connectivity index is 2.42. The van der Waals surface area contributed by atoms with Crippen LogP contribution in [0.1, 0.15) is 29.5 Å². The van der Waals surface area contributed by atoms with Crippen LogP contribution < -0.4 is 10.6 Å². The van der Waals surface area contributed by atoms with Gasteiger partial charge in [0.15, 0.2) is 0 Å². The largest absolute Gasteiger partial charge is 0.389 e. The summed E-state index contributed by atoms with van der Waals surface area (Å²) in [5.74, 6) is -1.62. The zero-order chi connectivity index (χ0) is 20.9. The number of carbonyl (C=O) groups excluding carboxylic acids is 1. The monoisotopic (exact) mass is 393 g/mol. The van der Waals surface area contributed by atoms with Gasteiger partial charge in [0.25, 0.3) is 0 Å². The van der Waals surface area contributed by atoms with Crippen molar-refractivity contribution in [1.82, 2.24) is 0 Å². The number of nitrogens with zero attached hydrogens (tertiary/aromatic N) is 2. The van der Waals surface area contributed by atoms with Crippen molar-refractivity contribution < 1.29 is 22.4 Å². The van der Waals surface area contributed by atoms with Gasteiger partial charge < -0.3 is 10.6 Å². The van der Waals surface area contributed by atoms with Crippen LogP contribution in [0.5, 0.6) is 0 Å². The summed E-state index contributed by atoms with van der Waals surface area (Å²) in [6.07, 6.45) is -6.20. The number of rotatable bonds is 7. The quantitative estimate of drug-likeness (QED) is 0.717. The molecule has 0 spiro atoms. The summed E-state index contributed by atoms with van der Waals surface area (Å²) in [6.45, 7) is 1.66. The number of aryl methyl sites for hydroxylation is 1. The molecule has 148 valence electrons. The third-order valence-corrected chi connectivity index (χ3v) is 4.29. The van der Waals surface area contributed by atoms with Crippen LogP contribution in [0.2, 0.25) is 0 Å². The SMILES string of the molecule is Cc1ccc(N(Cc2ccc(C#N)cc2F)C(CCC(F)(F)F)C(N)=O)cc1. The zero-order valence-electron chi connectivity index (χ0n) is 15.1. The van der Waals surface area contributed by atoms with Crippen LogP contribution in [0.3, 0.4) is 0 Å². The number of nitriles is 1. The summed E-state index contributed by atoms with van der Waals surface area (Å²) < 4.78 is 52.5. The van der Waals surface area contributed by atoms with Gasteiger partial charge in [-0.1, -0.05) is 23.8 Å². The van der Waals surface area contributed by atoms with Gasteiger partial charge >= 0.3 is 6.18 Å². The summed E-state index contributed by atoms with van der Waals surface area (Å²) >= 11 is 0. The van der Waals surface area contributed by atoms with E-state index in [1.165, 1.54) is 17.0 Å². The van der Waals surface area contributed by atoms with Gasteiger partial charge in [-0.15, -0.1) is 0 Å². The average Bonchev–Trinajstić information content (AvgIpc) is 2.61. The lowest BCUT2D eigenvalue weighted by atomic mass is 10.0. The molecule has 0 bridgehead atoms. The van der Waals surface area contributed by atoms with Crippen LogP contribution in [0.4, 0.5) is 23.2 Å². The topological polar surface area (TPSA) is 70.1 Å². The molecule has 0 saturated carbocycles. The second kappa shape index (κ2) is 8.74. The molecule has 0 aromatic heterocycles. The Labute approximate surface area is 160 Å². The number of hydrogen-bond acceptors (Lipinski definition) is 3. The highest BCUT2D eigenvalue weighted by Gasteiger charge is 2.33. The van der Waals surface area contributed by atoms with Gasteiger partial charge in [0.2, 0.25) is 5.91 Å². The summed E-state index contributed by atoms with van der Waals surface area (Å²) in [5, 5.41) is 8.85. The average molecular weight is 393 g/mol. The normalized spacial score (nSPS) is 12.3. The maximum Gasteiger partial charge on any atom is 0.389 e. The van der Waals surface area contributed by atoms with Crippen molar-refractivity contribution in [1.29, 1.82) is 5.26 Å². The van der Waals surface area contributed by atoms with E-state index in [1.807, 2.05) is 13.0 Å². The summed E-state index contributed by atoms with van der Waals surface area (Å²) in [5.41, 5.74) is 7.00. The molecule has 1 amide bonds. The number of primary amides is 1. The molecule has 0 aliphatic heterocycles. The van der Waals surface area contributed by atoms with Crippen molar-refractivity contribution in [2.75, 3.05) is 4.90 Å². The number of carbonyl (C=O) groups is 1. The lowest BCUT2D eigenvalue weighted by Gasteiger charge is -2.32. The Morgan fingerprint density at radius 3 is 2.36 bits per heavy atom. The first-order valence-electron chi connectivity index (χ1n) is 8.48. The van der Waals surface area contributed by atoms with E-state index in [1.54, 1.807) is 24.3 Å². The van der Waals surface area contributed by atoms with Crippen LogP contribution in [-0.4, -0.2) is 18.1 Å². The number of benzene rings is 2. The van der Waals surface area contributed by atoms with E-state index in [9.17, 15) is 22.4 Å². The number of alkyl halides is 3. The van der Waals surface area contributed by atoms with E-state index < -0.39 is 36.8 Å². The highest BCUT2D eigenvalue weighted by molar-refractivity contribution is 5.83. The fraction of sp³-hybridized carbons (Fsp3) is 0.300. The Bertz CT molecular complexity index is 873. The molecule has 2 rings (SSSR count). The highest BCUT2D eigenvalue weighted by atomic mass is 19.4. The molecular formula is C20H19F4N3O.